The molecule has 0 spiro atoms. The number of nitrogens with zero attached hydrogens (tertiary/aromatic N) is 1. The van der Waals surface area contributed by atoms with Crippen molar-refractivity contribution in [2.24, 2.45) is 0 Å². The number of pyridine rings is 2. The van der Waals surface area contributed by atoms with E-state index in [0.717, 1.165) is 16.8 Å². The van der Waals surface area contributed by atoms with Crippen LogP contribution in [0.1, 0.15) is 23.0 Å². The standard InChI is InChI=1S/C18H16N2O3/c1-3-23-18(22)15-10-20-16-8-12(6-7-14(16)17(15)21)13-5-4-11(2)19-9-13/h4-10H,3H2,1-2H3,(H,20,21). The third-order valence-electron chi connectivity index (χ3n) is 3.62. The summed E-state index contributed by atoms with van der Waals surface area (Å²) < 4.78 is 4.89. The molecule has 0 aliphatic rings. The molecule has 23 heavy (non-hydrogen) atoms. The van der Waals surface area contributed by atoms with E-state index in [0.29, 0.717) is 10.9 Å². The minimum Gasteiger partial charge on any atom is -0.462 e. The smallest absolute Gasteiger partial charge is 0.343 e. The molecule has 0 unspecified atom stereocenters. The molecule has 116 valence electrons. The quantitative estimate of drug-likeness (QED) is 0.755. The van der Waals surface area contributed by atoms with Gasteiger partial charge in [0.25, 0.3) is 0 Å². The van der Waals surface area contributed by atoms with Crippen LogP contribution >= 0.6 is 0 Å². The number of aryl methyl sites for hydroxylation is 1. The Kier molecular flexibility index (Phi) is 3.93. The molecule has 3 aromatic rings. The van der Waals surface area contributed by atoms with Crippen LogP contribution in [0, 0.1) is 6.92 Å². The summed E-state index contributed by atoms with van der Waals surface area (Å²) in [6.07, 6.45) is 3.20. The van der Waals surface area contributed by atoms with Gasteiger partial charge in [-0.15, -0.1) is 0 Å². The molecule has 0 atom stereocenters. The summed E-state index contributed by atoms with van der Waals surface area (Å²) in [5.41, 5.74) is 3.22. The highest BCUT2D eigenvalue weighted by atomic mass is 16.5. The Balaban J connectivity index is 2.08. The van der Waals surface area contributed by atoms with Gasteiger partial charge in [-0.25, -0.2) is 4.79 Å². The lowest BCUT2D eigenvalue weighted by atomic mass is 10.0. The van der Waals surface area contributed by atoms with Crippen LogP contribution in [0.5, 0.6) is 0 Å². The second kappa shape index (κ2) is 6.04. The number of hydrogen-bond donors (Lipinski definition) is 1. The van der Waals surface area contributed by atoms with Gasteiger partial charge in [-0.3, -0.25) is 9.78 Å². The van der Waals surface area contributed by atoms with Crippen LogP contribution in [-0.2, 0) is 4.74 Å². The molecule has 0 amide bonds. The maximum Gasteiger partial charge on any atom is 0.343 e. The second-order valence-corrected chi connectivity index (χ2v) is 5.20. The van der Waals surface area contributed by atoms with E-state index in [4.69, 9.17) is 4.74 Å². The van der Waals surface area contributed by atoms with E-state index in [1.54, 1.807) is 19.2 Å². The number of rotatable bonds is 3. The largest absolute Gasteiger partial charge is 0.462 e. The van der Waals surface area contributed by atoms with Gasteiger partial charge in [-0.1, -0.05) is 12.1 Å². The van der Waals surface area contributed by atoms with Crippen molar-refractivity contribution >= 4 is 16.9 Å². The topological polar surface area (TPSA) is 72.1 Å². The van der Waals surface area contributed by atoms with E-state index in [-0.39, 0.29) is 17.6 Å². The molecule has 2 heterocycles. The maximum absolute atomic E-state index is 12.4. The third kappa shape index (κ3) is 2.85. The minimum atomic E-state index is -0.609. The molecular formula is C18H16N2O3. The fraction of sp³-hybridized carbons (Fsp3) is 0.167. The van der Waals surface area contributed by atoms with Crippen LogP contribution in [-0.4, -0.2) is 22.5 Å². The first kappa shape index (κ1) is 15.0. The van der Waals surface area contributed by atoms with Crippen molar-refractivity contribution in [1.29, 1.82) is 0 Å². The molecule has 5 heteroatoms. The number of carbonyl (C=O) groups is 1. The van der Waals surface area contributed by atoms with Crippen LogP contribution in [0.2, 0.25) is 0 Å². The number of benzene rings is 1. The van der Waals surface area contributed by atoms with E-state index in [9.17, 15) is 9.59 Å². The number of esters is 1. The van der Waals surface area contributed by atoms with Crippen molar-refractivity contribution < 1.29 is 9.53 Å². The molecule has 0 aliphatic carbocycles. The summed E-state index contributed by atoms with van der Waals surface area (Å²) in [6, 6.07) is 9.35. The molecule has 2 aromatic heterocycles. The summed E-state index contributed by atoms with van der Waals surface area (Å²) in [5.74, 6) is -0.609. The summed E-state index contributed by atoms with van der Waals surface area (Å²) in [7, 11) is 0. The number of hydrogen-bond acceptors (Lipinski definition) is 4. The maximum atomic E-state index is 12.4. The predicted molar refractivity (Wildman–Crippen MR) is 88.5 cm³/mol. The Bertz CT molecular complexity index is 927. The highest BCUT2D eigenvalue weighted by Crippen LogP contribution is 2.22. The SMILES string of the molecule is CCOC(=O)c1c[nH]c2cc(-c3ccc(C)nc3)ccc2c1=O. The van der Waals surface area contributed by atoms with Gasteiger partial charge in [0, 0.05) is 34.6 Å². The van der Waals surface area contributed by atoms with E-state index in [1.807, 2.05) is 31.2 Å². The van der Waals surface area contributed by atoms with Crippen molar-refractivity contribution in [3.63, 3.8) is 0 Å². The van der Waals surface area contributed by atoms with E-state index in [1.165, 1.54) is 6.20 Å². The molecule has 0 fully saturated rings. The number of H-pyrrole nitrogens is 1. The summed E-state index contributed by atoms with van der Waals surface area (Å²) in [6.45, 7) is 3.86. The van der Waals surface area contributed by atoms with Crippen molar-refractivity contribution in [1.82, 2.24) is 9.97 Å². The van der Waals surface area contributed by atoms with Gasteiger partial charge in [0.05, 0.1) is 6.61 Å². The monoisotopic (exact) mass is 308 g/mol. The van der Waals surface area contributed by atoms with Crippen LogP contribution in [0.25, 0.3) is 22.0 Å². The zero-order valence-corrected chi connectivity index (χ0v) is 12.9. The van der Waals surface area contributed by atoms with Crippen LogP contribution in [0.3, 0.4) is 0 Å². The number of ether oxygens (including phenoxy) is 1. The third-order valence-corrected chi connectivity index (χ3v) is 3.62. The zero-order chi connectivity index (χ0) is 16.4. The number of carbonyl (C=O) groups excluding carboxylic acids is 1. The summed E-state index contributed by atoms with van der Waals surface area (Å²) >= 11 is 0. The van der Waals surface area contributed by atoms with Gasteiger partial charge in [0.15, 0.2) is 0 Å². The fourth-order valence-electron chi connectivity index (χ4n) is 2.40. The fourth-order valence-corrected chi connectivity index (χ4v) is 2.40. The number of nitrogens with one attached hydrogen (secondary N) is 1. The second-order valence-electron chi connectivity index (χ2n) is 5.20. The van der Waals surface area contributed by atoms with E-state index in [2.05, 4.69) is 9.97 Å². The first-order chi connectivity index (χ1) is 11.1. The van der Waals surface area contributed by atoms with E-state index >= 15 is 0 Å². The number of aromatic amines is 1. The highest BCUT2D eigenvalue weighted by molar-refractivity contribution is 5.94. The van der Waals surface area contributed by atoms with Gasteiger partial charge < -0.3 is 9.72 Å². The van der Waals surface area contributed by atoms with E-state index < -0.39 is 5.97 Å². The normalized spacial score (nSPS) is 10.7. The Morgan fingerprint density at radius 2 is 2.00 bits per heavy atom. The summed E-state index contributed by atoms with van der Waals surface area (Å²) in [5, 5.41) is 0.458. The molecule has 1 aromatic carbocycles. The molecule has 0 saturated carbocycles. The van der Waals surface area contributed by atoms with Gasteiger partial charge >= 0.3 is 5.97 Å². The Hall–Kier alpha value is -2.95. The average molecular weight is 308 g/mol. The van der Waals surface area contributed by atoms with Crippen LogP contribution < -0.4 is 5.43 Å². The van der Waals surface area contributed by atoms with Crippen molar-refractivity contribution in [2.45, 2.75) is 13.8 Å². The molecule has 0 aliphatic heterocycles. The molecule has 0 saturated heterocycles. The highest BCUT2D eigenvalue weighted by Gasteiger charge is 2.14. The molecule has 3 rings (SSSR count). The average Bonchev–Trinajstić information content (AvgIpc) is 2.55. The van der Waals surface area contributed by atoms with Crippen molar-refractivity contribution in [3.05, 3.63) is 64.2 Å². The van der Waals surface area contributed by atoms with Gasteiger partial charge in [-0.05, 0) is 37.6 Å². The molecule has 1 N–H and O–H groups in total. The number of fused-ring (bicyclic) bond motifs is 1. The lowest BCUT2D eigenvalue weighted by Gasteiger charge is -2.06. The first-order valence-electron chi connectivity index (χ1n) is 7.35. The zero-order valence-electron chi connectivity index (χ0n) is 12.9. The predicted octanol–water partition coefficient (Wildman–Crippen LogP) is 3.08. The Labute approximate surface area is 133 Å². The summed E-state index contributed by atoms with van der Waals surface area (Å²) in [4.78, 5) is 31.5. The van der Waals surface area contributed by atoms with Gasteiger partial charge in [-0.2, -0.15) is 0 Å². The minimum absolute atomic E-state index is 0.0177. The first-order valence-corrected chi connectivity index (χ1v) is 7.35. The Morgan fingerprint density at radius 1 is 1.22 bits per heavy atom. The molecule has 0 bridgehead atoms. The molecular weight excluding hydrogens is 292 g/mol. The van der Waals surface area contributed by atoms with Crippen LogP contribution in [0.15, 0.2) is 47.5 Å². The van der Waals surface area contributed by atoms with Crippen molar-refractivity contribution in [2.75, 3.05) is 6.61 Å². The van der Waals surface area contributed by atoms with Crippen molar-refractivity contribution in [3.8, 4) is 11.1 Å². The molecule has 5 nitrogen and oxygen atoms in total. The number of aromatic nitrogens is 2. The van der Waals surface area contributed by atoms with Gasteiger partial charge in [0.1, 0.15) is 5.56 Å². The molecule has 0 radical (unpaired) electrons. The van der Waals surface area contributed by atoms with Gasteiger partial charge in [0.2, 0.25) is 5.43 Å². The lowest BCUT2D eigenvalue weighted by molar-refractivity contribution is 0.0524. The Morgan fingerprint density at radius 3 is 2.70 bits per heavy atom. The van der Waals surface area contributed by atoms with Crippen LogP contribution in [0.4, 0.5) is 0 Å². The lowest BCUT2D eigenvalue weighted by Crippen LogP contribution is -2.18.